The van der Waals surface area contributed by atoms with Crippen molar-refractivity contribution >= 4 is 40.0 Å². The second-order valence-corrected chi connectivity index (χ2v) is 18.1. The summed E-state index contributed by atoms with van der Waals surface area (Å²) in [6.07, 6.45) is -46.1. The Hall–Kier alpha value is -8.01. The third-order valence-electron chi connectivity index (χ3n) is 12.6. The minimum Gasteiger partial charge on any atom is -0.448 e. The number of halogens is 24. The summed E-state index contributed by atoms with van der Waals surface area (Å²) >= 11 is 0. The molecule has 0 bridgehead atoms. The number of aromatic nitrogens is 2. The zero-order valence-electron chi connectivity index (χ0n) is 40.2. The van der Waals surface area contributed by atoms with Gasteiger partial charge in [-0.3, -0.25) is 0 Å². The van der Waals surface area contributed by atoms with Gasteiger partial charge in [0, 0.05) is 11.1 Å². The van der Waals surface area contributed by atoms with Crippen molar-refractivity contribution in [3.05, 3.63) is 219 Å². The van der Waals surface area contributed by atoms with Crippen LogP contribution in [-0.4, -0.2) is 17.1 Å². The molecule has 82 heavy (non-hydrogen) atoms. The van der Waals surface area contributed by atoms with Crippen LogP contribution in [0.15, 0.2) is 152 Å². The maximum atomic E-state index is 14.2. The van der Waals surface area contributed by atoms with Crippen LogP contribution in [0.4, 0.5) is 105 Å². The molecule has 29 heteroatoms. The third-order valence-corrected chi connectivity index (χ3v) is 12.6. The van der Waals surface area contributed by atoms with Gasteiger partial charge in [-0.25, -0.2) is 9.78 Å². The van der Waals surface area contributed by atoms with Gasteiger partial charge in [0.25, 0.3) is 0 Å². The van der Waals surface area contributed by atoms with E-state index in [2.05, 4.69) is 4.98 Å². The van der Waals surface area contributed by atoms with Gasteiger partial charge in [-0.2, -0.15) is 132 Å². The van der Waals surface area contributed by atoms with Crippen LogP contribution in [0.5, 0.6) is 0 Å². The van der Waals surface area contributed by atoms with E-state index < -0.39 is 201 Å². The Morgan fingerprint density at radius 3 is 1.09 bits per heavy atom. The second-order valence-electron chi connectivity index (χ2n) is 18.1. The van der Waals surface area contributed by atoms with Crippen molar-refractivity contribution in [1.29, 1.82) is 0 Å². The van der Waals surface area contributed by atoms with Crippen molar-refractivity contribution in [3.63, 3.8) is 0 Å². The van der Waals surface area contributed by atoms with Gasteiger partial charge in [0.2, 0.25) is 11.9 Å². The average Bonchev–Trinajstić information content (AvgIpc) is 1.29. The number of nitrogens with zero attached hydrogens (tertiary/aromatic N) is 2. The topological polar surface area (TPSA) is 43.1 Å². The molecule has 0 saturated carbocycles. The highest BCUT2D eigenvalue weighted by molar-refractivity contribution is 7.20. The summed E-state index contributed by atoms with van der Waals surface area (Å²) < 4.78 is 348. The smallest absolute Gasteiger partial charge is 0.416 e. The van der Waals surface area contributed by atoms with Gasteiger partial charge in [-0.05, 0) is 35.9 Å². The van der Waals surface area contributed by atoms with Crippen molar-refractivity contribution in [2.75, 3.05) is 0 Å². The number of rotatable bonds is 8. The molecule has 434 valence electrons. The molecule has 4 nitrogen and oxygen atoms in total. The maximum Gasteiger partial charge on any atom is 0.416 e. The molecular weight excluding hydrogens is 1160 g/mol. The first-order valence-electron chi connectivity index (χ1n) is 22.8. The zero-order valence-corrected chi connectivity index (χ0v) is 40.2. The standard InChI is InChI=1S/C32H12BF24.C21H17N2O2/c34-25(35,36)13-1-14(26(37,38)39)6-21(5-13)33(22-7-15(27(40,41)42)2-16(8-22)28(43,44)45,23-9-17(29(46,47)48)3-18(10-23)30(49,50)51)24-11-19(31(52,53)54)4-20(12-24)32(55,56)57;24-21(25-20-11-10-17-8-4-5-9-18(17)20)19-15-23(13-12-22-19)14-16-6-2-1-3-7-16/h1-12H;1-13,15,20H,14H2/q-1;+1. The van der Waals surface area contributed by atoms with E-state index in [-0.39, 0.29) is 6.10 Å². The number of hydrogen-bond donors (Lipinski definition) is 0. The Morgan fingerprint density at radius 1 is 0.439 bits per heavy atom. The normalized spacial score (nSPS) is 14.5. The van der Waals surface area contributed by atoms with Crippen LogP contribution in [0.2, 0.25) is 0 Å². The van der Waals surface area contributed by atoms with Crippen LogP contribution in [0.3, 0.4) is 0 Å². The highest BCUT2D eigenvalue weighted by Crippen LogP contribution is 2.42. The van der Waals surface area contributed by atoms with Gasteiger partial charge in [-0.15, -0.1) is 0 Å². The van der Waals surface area contributed by atoms with E-state index in [0.29, 0.717) is 12.2 Å². The minimum absolute atomic E-state index is 0.302. The Morgan fingerprint density at radius 2 is 0.756 bits per heavy atom. The van der Waals surface area contributed by atoms with Crippen LogP contribution >= 0.6 is 0 Å². The highest BCUT2D eigenvalue weighted by atomic mass is 19.4. The SMILES string of the molecule is FC(F)(F)c1cc([B-](c2cc(C(F)(F)F)cc(C(F)(F)F)c2)(c2cc(C(F)(F)F)cc(C(F)(F)F)c2)c2cc(C(F)(F)F)cc(C(F)(F)F)c2)cc(C(F)(F)F)c1.O=C(OC1C=Cc2ccccc21)c1c[n+](Cc2ccccc2)ccn1. The lowest BCUT2D eigenvalue weighted by Crippen LogP contribution is -2.75. The van der Waals surface area contributed by atoms with Crippen LogP contribution in [0.25, 0.3) is 6.08 Å². The number of alkyl halides is 24. The number of fused-ring (bicyclic) bond motifs is 1. The number of benzene rings is 6. The van der Waals surface area contributed by atoms with Crippen molar-refractivity contribution in [3.8, 4) is 0 Å². The van der Waals surface area contributed by atoms with Gasteiger partial charge < -0.3 is 4.74 Å². The van der Waals surface area contributed by atoms with Gasteiger partial charge in [-0.1, -0.05) is 109 Å². The molecule has 6 aromatic carbocycles. The van der Waals surface area contributed by atoms with Crippen molar-refractivity contribution in [2.24, 2.45) is 0 Å². The summed E-state index contributed by atoms with van der Waals surface area (Å²) in [5, 5.41) is 0. The highest BCUT2D eigenvalue weighted by Gasteiger charge is 2.47. The van der Waals surface area contributed by atoms with Crippen molar-refractivity contribution in [1.82, 2.24) is 4.98 Å². The third kappa shape index (κ3) is 13.8. The first-order valence-corrected chi connectivity index (χ1v) is 22.8. The Balaban J connectivity index is 0.000000318. The van der Waals surface area contributed by atoms with E-state index in [9.17, 15) is 110 Å². The molecule has 8 rings (SSSR count). The number of carbonyl (C=O) groups excluding carboxylic acids is 1. The lowest BCUT2D eigenvalue weighted by molar-refractivity contribution is -0.689. The predicted octanol–water partition coefficient (Wildman–Crippen LogP) is 14.6. The summed E-state index contributed by atoms with van der Waals surface area (Å²) in [6, 6.07) is 9.16. The van der Waals surface area contributed by atoms with Gasteiger partial charge in [0.05, 0.1) is 50.7 Å². The predicted molar refractivity (Wildman–Crippen MR) is 244 cm³/mol. The van der Waals surface area contributed by atoms with Crippen molar-refractivity contribution < 1.29 is 119 Å². The van der Waals surface area contributed by atoms with Gasteiger partial charge in [0.1, 0.15) is 12.2 Å². The molecule has 1 heterocycles. The zero-order chi connectivity index (χ0) is 61.0. The van der Waals surface area contributed by atoms with E-state index in [0.717, 1.165) is 16.7 Å². The van der Waals surface area contributed by atoms with E-state index in [4.69, 9.17) is 4.74 Å². The molecule has 1 aromatic heterocycles. The summed E-state index contributed by atoms with van der Waals surface area (Å²) in [5.41, 5.74) is -26.7. The fourth-order valence-electron chi connectivity index (χ4n) is 9.00. The van der Waals surface area contributed by atoms with E-state index in [1.807, 2.05) is 77.5 Å². The van der Waals surface area contributed by atoms with Crippen LogP contribution in [0, 0.1) is 0 Å². The van der Waals surface area contributed by atoms with E-state index in [1.54, 1.807) is 12.4 Å². The van der Waals surface area contributed by atoms with Crippen molar-refractivity contribution in [2.45, 2.75) is 62.1 Å². The number of carbonyl (C=O) groups is 1. The average molecular weight is 1190 g/mol. The fourth-order valence-corrected chi connectivity index (χ4v) is 9.00. The first kappa shape index (κ1) is 61.6. The molecule has 1 aliphatic carbocycles. The van der Waals surface area contributed by atoms with Gasteiger partial charge in [0.15, 0.2) is 12.7 Å². The Bertz CT molecular complexity index is 3080. The van der Waals surface area contributed by atoms with E-state index >= 15 is 0 Å². The number of hydrogen-bond acceptors (Lipinski definition) is 3. The first-order chi connectivity index (χ1) is 37.6. The summed E-state index contributed by atoms with van der Waals surface area (Å²) in [4.78, 5) is 16.6. The molecule has 0 amide bonds. The van der Waals surface area contributed by atoms with Crippen LogP contribution in [-0.2, 0) is 60.7 Å². The molecular formula is C53H29BF24N2O2. The van der Waals surface area contributed by atoms with Crippen LogP contribution < -0.4 is 26.4 Å². The molecule has 0 fully saturated rings. The number of ether oxygens (including phenoxy) is 1. The number of esters is 1. The summed E-state index contributed by atoms with van der Waals surface area (Å²) in [7, 11) is 0. The van der Waals surface area contributed by atoms with Gasteiger partial charge >= 0.3 is 55.4 Å². The largest absolute Gasteiger partial charge is 0.448 e. The maximum absolute atomic E-state index is 14.2. The molecule has 0 saturated heterocycles. The lowest BCUT2D eigenvalue weighted by atomic mass is 9.12. The molecule has 1 aliphatic rings. The lowest BCUT2D eigenvalue weighted by Gasteiger charge is -2.46. The summed E-state index contributed by atoms with van der Waals surface area (Å²) in [5.74, 6) is -0.422. The Labute approximate surface area is 444 Å². The fraction of sp³-hybridized carbons (Fsp3) is 0.189. The molecule has 1 unspecified atom stereocenters. The molecule has 0 spiro atoms. The molecule has 7 aromatic rings. The Kier molecular flexibility index (Phi) is 16.3. The quantitative estimate of drug-likeness (QED) is 0.0659. The minimum atomic E-state index is -6.13. The molecule has 0 N–H and O–H groups in total. The molecule has 1 atom stereocenters. The van der Waals surface area contributed by atoms with E-state index in [1.165, 1.54) is 0 Å². The monoisotopic (exact) mass is 1190 g/mol. The van der Waals surface area contributed by atoms with Crippen LogP contribution in [0.1, 0.15) is 77.8 Å². The second kappa shape index (κ2) is 21.7. The summed E-state index contributed by atoms with van der Waals surface area (Å²) in [6.45, 7) is 0.676. The molecule has 0 radical (unpaired) electrons. The molecule has 0 aliphatic heterocycles.